The minimum absolute atomic E-state index is 0.218. The SMILES string of the molecule is CCCNC(c1ncc(Cl)cc1Cl)c1c(Cl)cnn1CC. The van der Waals surface area contributed by atoms with Gasteiger partial charge in [-0.05, 0) is 26.0 Å². The zero-order valence-electron chi connectivity index (χ0n) is 11.9. The Hall–Kier alpha value is -0.810. The van der Waals surface area contributed by atoms with E-state index in [2.05, 4.69) is 22.3 Å². The van der Waals surface area contributed by atoms with Crippen molar-refractivity contribution in [2.45, 2.75) is 32.9 Å². The van der Waals surface area contributed by atoms with E-state index in [4.69, 9.17) is 34.8 Å². The molecule has 0 bridgehead atoms. The smallest absolute Gasteiger partial charge is 0.0952 e. The van der Waals surface area contributed by atoms with E-state index in [1.807, 2.05) is 11.6 Å². The third-order valence-corrected chi connectivity index (χ3v) is 3.92. The lowest BCUT2D eigenvalue weighted by Crippen LogP contribution is -2.27. The second-order valence-corrected chi connectivity index (χ2v) is 5.85. The summed E-state index contributed by atoms with van der Waals surface area (Å²) < 4.78 is 1.85. The Morgan fingerprint density at radius 3 is 2.57 bits per heavy atom. The van der Waals surface area contributed by atoms with Crippen LogP contribution in [0.15, 0.2) is 18.5 Å². The highest BCUT2D eigenvalue weighted by molar-refractivity contribution is 6.35. The molecule has 0 fully saturated rings. The molecule has 2 aromatic heterocycles. The van der Waals surface area contributed by atoms with Crippen molar-refractivity contribution in [1.82, 2.24) is 20.1 Å². The fraction of sp³-hybridized carbons (Fsp3) is 0.429. The summed E-state index contributed by atoms with van der Waals surface area (Å²) in [6.45, 7) is 5.65. The van der Waals surface area contributed by atoms with Gasteiger partial charge in [0.05, 0.1) is 38.7 Å². The van der Waals surface area contributed by atoms with Crippen LogP contribution in [-0.2, 0) is 6.54 Å². The maximum Gasteiger partial charge on any atom is 0.0952 e. The number of nitrogens with zero attached hydrogens (tertiary/aromatic N) is 3. The summed E-state index contributed by atoms with van der Waals surface area (Å²) in [5.41, 5.74) is 1.57. The van der Waals surface area contributed by atoms with Crippen LogP contribution in [-0.4, -0.2) is 21.3 Å². The van der Waals surface area contributed by atoms with Gasteiger partial charge in [0.1, 0.15) is 0 Å². The van der Waals surface area contributed by atoms with Gasteiger partial charge in [-0.1, -0.05) is 41.7 Å². The number of hydrogen-bond acceptors (Lipinski definition) is 3. The first-order chi connectivity index (χ1) is 10.1. The average Bonchev–Trinajstić information content (AvgIpc) is 2.82. The van der Waals surface area contributed by atoms with Crippen LogP contribution in [0, 0.1) is 0 Å². The van der Waals surface area contributed by atoms with Gasteiger partial charge >= 0.3 is 0 Å². The highest BCUT2D eigenvalue weighted by atomic mass is 35.5. The summed E-state index contributed by atoms with van der Waals surface area (Å²) in [7, 11) is 0. The van der Waals surface area contributed by atoms with Gasteiger partial charge in [-0.25, -0.2) is 0 Å². The number of aryl methyl sites for hydroxylation is 1. The van der Waals surface area contributed by atoms with Crippen LogP contribution in [0.1, 0.15) is 37.7 Å². The van der Waals surface area contributed by atoms with E-state index in [1.165, 1.54) is 0 Å². The van der Waals surface area contributed by atoms with E-state index in [1.54, 1.807) is 18.5 Å². The van der Waals surface area contributed by atoms with Gasteiger partial charge in [-0.15, -0.1) is 0 Å². The van der Waals surface area contributed by atoms with Gasteiger partial charge in [0.25, 0.3) is 0 Å². The molecule has 2 rings (SSSR count). The molecule has 7 heteroatoms. The monoisotopic (exact) mass is 346 g/mol. The topological polar surface area (TPSA) is 42.7 Å². The number of nitrogens with one attached hydrogen (secondary N) is 1. The molecule has 21 heavy (non-hydrogen) atoms. The minimum atomic E-state index is -0.218. The fourth-order valence-corrected chi connectivity index (χ4v) is 2.90. The van der Waals surface area contributed by atoms with Crippen molar-refractivity contribution in [2.75, 3.05) is 6.54 Å². The van der Waals surface area contributed by atoms with Gasteiger partial charge in [0.15, 0.2) is 0 Å². The number of hydrogen-bond donors (Lipinski definition) is 1. The lowest BCUT2D eigenvalue weighted by molar-refractivity contribution is 0.522. The maximum absolute atomic E-state index is 6.31. The lowest BCUT2D eigenvalue weighted by Gasteiger charge is -2.21. The summed E-state index contributed by atoms with van der Waals surface area (Å²) >= 11 is 18.5. The van der Waals surface area contributed by atoms with Gasteiger partial charge in [-0.2, -0.15) is 5.10 Å². The molecule has 0 spiro atoms. The summed E-state index contributed by atoms with van der Waals surface area (Å²) in [4.78, 5) is 4.38. The molecule has 2 aromatic rings. The molecule has 0 saturated carbocycles. The molecule has 1 N–H and O–H groups in total. The Kier molecular flexibility index (Phi) is 5.88. The predicted octanol–water partition coefficient (Wildman–Crippen LogP) is 4.35. The normalized spacial score (nSPS) is 12.6. The van der Waals surface area contributed by atoms with Crippen molar-refractivity contribution in [3.63, 3.8) is 0 Å². The van der Waals surface area contributed by atoms with Crippen LogP contribution < -0.4 is 5.32 Å². The number of pyridine rings is 1. The van der Waals surface area contributed by atoms with Crippen molar-refractivity contribution in [1.29, 1.82) is 0 Å². The van der Waals surface area contributed by atoms with E-state index in [0.29, 0.717) is 20.8 Å². The number of rotatable bonds is 6. The molecule has 4 nitrogen and oxygen atoms in total. The van der Waals surface area contributed by atoms with Crippen LogP contribution in [0.4, 0.5) is 0 Å². The molecule has 0 saturated heterocycles. The summed E-state index contributed by atoms with van der Waals surface area (Å²) in [6.07, 6.45) is 4.22. The Morgan fingerprint density at radius 1 is 1.19 bits per heavy atom. The standard InChI is InChI=1S/C14H17Cl3N4/c1-3-5-18-13(12-10(16)6-9(15)7-19-12)14-11(17)8-20-21(14)4-2/h6-8,13,18H,3-5H2,1-2H3. The summed E-state index contributed by atoms with van der Waals surface area (Å²) in [6, 6.07) is 1.47. The summed E-state index contributed by atoms with van der Waals surface area (Å²) in [5.74, 6) is 0. The Bertz CT molecular complexity index is 612. The van der Waals surface area contributed by atoms with Gasteiger partial charge in [0, 0.05) is 12.7 Å². The van der Waals surface area contributed by atoms with Crippen molar-refractivity contribution in [3.8, 4) is 0 Å². The molecule has 1 unspecified atom stereocenters. The van der Waals surface area contributed by atoms with E-state index in [9.17, 15) is 0 Å². The molecule has 0 amide bonds. The van der Waals surface area contributed by atoms with E-state index >= 15 is 0 Å². The lowest BCUT2D eigenvalue weighted by atomic mass is 10.1. The average molecular weight is 348 g/mol. The van der Waals surface area contributed by atoms with Gasteiger partial charge in [-0.3, -0.25) is 9.67 Å². The first-order valence-electron chi connectivity index (χ1n) is 6.84. The molecule has 114 valence electrons. The van der Waals surface area contributed by atoms with Gasteiger partial charge < -0.3 is 5.32 Å². The van der Waals surface area contributed by atoms with Crippen LogP contribution in [0.2, 0.25) is 15.1 Å². The zero-order valence-corrected chi connectivity index (χ0v) is 14.2. The number of halogens is 3. The predicted molar refractivity (Wildman–Crippen MR) is 87.3 cm³/mol. The second kappa shape index (κ2) is 7.45. The molecule has 2 heterocycles. The quantitative estimate of drug-likeness (QED) is 0.845. The van der Waals surface area contributed by atoms with E-state index < -0.39 is 0 Å². The third kappa shape index (κ3) is 3.69. The molecule has 1 atom stereocenters. The minimum Gasteiger partial charge on any atom is -0.304 e. The highest BCUT2D eigenvalue weighted by Crippen LogP contribution is 2.32. The molecular formula is C14H17Cl3N4. The molecule has 0 radical (unpaired) electrons. The Balaban J connectivity index is 2.49. The van der Waals surface area contributed by atoms with Crippen LogP contribution in [0.5, 0.6) is 0 Å². The van der Waals surface area contributed by atoms with Crippen molar-refractivity contribution in [3.05, 3.63) is 44.9 Å². The molecule has 0 aliphatic heterocycles. The first kappa shape index (κ1) is 16.6. The fourth-order valence-electron chi connectivity index (χ4n) is 2.16. The zero-order chi connectivity index (χ0) is 15.4. The highest BCUT2D eigenvalue weighted by Gasteiger charge is 2.24. The van der Waals surface area contributed by atoms with E-state index in [-0.39, 0.29) is 6.04 Å². The van der Waals surface area contributed by atoms with Crippen molar-refractivity contribution >= 4 is 34.8 Å². The molecular weight excluding hydrogens is 331 g/mol. The van der Waals surface area contributed by atoms with Crippen LogP contribution in [0.25, 0.3) is 0 Å². The Morgan fingerprint density at radius 2 is 1.95 bits per heavy atom. The van der Waals surface area contributed by atoms with Gasteiger partial charge in [0.2, 0.25) is 0 Å². The molecule has 0 aliphatic rings. The number of aromatic nitrogens is 3. The van der Waals surface area contributed by atoms with Crippen LogP contribution >= 0.6 is 34.8 Å². The summed E-state index contributed by atoms with van der Waals surface area (Å²) in [5, 5.41) is 9.33. The third-order valence-electron chi connectivity index (χ3n) is 3.11. The Labute approximate surface area is 139 Å². The van der Waals surface area contributed by atoms with Crippen molar-refractivity contribution < 1.29 is 0 Å². The molecule has 0 aliphatic carbocycles. The van der Waals surface area contributed by atoms with E-state index in [0.717, 1.165) is 25.2 Å². The first-order valence-corrected chi connectivity index (χ1v) is 7.97. The molecule has 0 aromatic carbocycles. The van der Waals surface area contributed by atoms with Crippen LogP contribution in [0.3, 0.4) is 0 Å². The van der Waals surface area contributed by atoms with Crippen molar-refractivity contribution in [2.24, 2.45) is 0 Å². The maximum atomic E-state index is 6.31. The largest absolute Gasteiger partial charge is 0.304 e. The second-order valence-electron chi connectivity index (χ2n) is 4.60.